The Hall–Kier alpha value is -3.30. The average molecular weight is 580 g/mol. The Balaban J connectivity index is 1.43. The smallest absolute Gasteiger partial charge is 0.260 e. The quantitative estimate of drug-likeness (QED) is 0.305. The molecule has 8 nitrogen and oxygen atoms in total. The van der Waals surface area contributed by atoms with Gasteiger partial charge in [-0.05, 0) is 55.0 Å². The van der Waals surface area contributed by atoms with E-state index in [1.54, 1.807) is 4.90 Å². The Kier molecular flexibility index (Phi) is 8.24. The van der Waals surface area contributed by atoms with Crippen molar-refractivity contribution in [2.45, 2.75) is 57.5 Å². The molecule has 1 unspecified atom stereocenters. The SMILES string of the molecule is CCN(CC)C(=O)COc1ccc(C2C3=C(CC(C)(C)CC3=O)Nc3nc(SCc4ccccc4Cl)nn32)cc1. The number of rotatable bonds is 9. The number of benzene rings is 2. The van der Waals surface area contributed by atoms with E-state index in [1.165, 1.54) is 11.8 Å². The van der Waals surface area contributed by atoms with Crippen LogP contribution in [0.25, 0.3) is 0 Å². The van der Waals surface area contributed by atoms with Gasteiger partial charge in [-0.15, -0.1) is 5.10 Å². The van der Waals surface area contributed by atoms with Crippen molar-refractivity contribution in [3.8, 4) is 5.75 Å². The van der Waals surface area contributed by atoms with Crippen LogP contribution in [0.1, 0.15) is 57.7 Å². The third-order valence-electron chi connectivity index (χ3n) is 7.30. The van der Waals surface area contributed by atoms with Gasteiger partial charge in [-0.2, -0.15) is 4.98 Å². The van der Waals surface area contributed by atoms with Gasteiger partial charge < -0.3 is 15.0 Å². The molecule has 1 aliphatic carbocycles. The zero-order valence-corrected chi connectivity index (χ0v) is 24.8. The number of thioether (sulfide) groups is 1. The zero-order chi connectivity index (χ0) is 28.4. The molecular weight excluding hydrogens is 546 g/mol. The molecule has 2 aromatic carbocycles. The molecule has 210 valence electrons. The van der Waals surface area contributed by atoms with Crippen molar-refractivity contribution < 1.29 is 14.3 Å². The highest BCUT2D eigenvalue weighted by molar-refractivity contribution is 7.98. The number of allylic oxidation sites excluding steroid dienone is 2. The first-order valence-electron chi connectivity index (χ1n) is 13.6. The molecule has 1 atom stereocenters. The predicted octanol–water partition coefficient (Wildman–Crippen LogP) is 6.13. The molecule has 5 rings (SSSR count). The molecule has 2 aliphatic rings. The summed E-state index contributed by atoms with van der Waals surface area (Å²) >= 11 is 7.86. The van der Waals surface area contributed by atoms with Crippen molar-refractivity contribution in [3.63, 3.8) is 0 Å². The van der Waals surface area contributed by atoms with E-state index in [0.29, 0.717) is 47.1 Å². The van der Waals surface area contributed by atoms with Crippen LogP contribution in [0.2, 0.25) is 5.02 Å². The number of ether oxygens (including phenoxy) is 1. The molecule has 0 fully saturated rings. The van der Waals surface area contributed by atoms with Crippen LogP contribution in [-0.4, -0.2) is 51.1 Å². The van der Waals surface area contributed by atoms with E-state index in [-0.39, 0.29) is 23.7 Å². The summed E-state index contributed by atoms with van der Waals surface area (Å²) < 4.78 is 7.58. The molecule has 1 amide bonds. The van der Waals surface area contributed by atoms with Crippen molar-refractivity contribution in [3.05, 3.63) is 76.0 Å². The number of halogens is 1. The number of amides is 1. The molecule has 0 bridgehead atoms. The number of nitrogens with one attached hydrogen (secondary N) is 1. The number of carbonyl (C=O) groups is 2. The van der Waals surface area contributed by atoms with Gasteiger partial charge in [0.25, 0.3) is 5.91 Å². The molecule has 1 aromatic heterocycles. The number of likely N-dealkylation sites (N-methyl/N-ethyl adjacent to an activating group) is 1. The first-order valence-corrected chi connectivity index (χ1v) is 14.9. The topological polar surface area (TPSA) is 89.3 Å². The third-order valence-corrected chi connectivity index (χ3v) is 8.56. The molecule has 10 heteroatoms. The molecule has 0 saturated heterocycles. The number of carbonyl (C=O) groups excluding carboxylic acids is 2. The summed E-state index contributed by atoms with van der Waals surface area (Å²) in [6.07, 6.45) is 1.21. The molecule has 3 aromatic rings. The summed E-state index contributed by atoms with van der Waals surface area (Å²) in [4.78, 5) is 32.4. The second-order valence-electron chi connectivity index (χ2n) is 10.8. The Labute approximate surface area is 244 Å². The van der Waals surface area contributed by atoms with E-state index < -0.39 is 6.04 Å². The van der Waals surface area contributed by atoms with Gasteiger partial charge >= 0.3 is 0 Å². The van der Waals surface area contributed by atoms with Gasteiger partial charge in [-0.3, -0.25) is 9.59 Å². The number of fused-ring (bicyclic) bond motifs is 1. The Bertz CT molecular complexity index is 1450. The lowest BCUT2D eigenvalue weighted by atomic mass is 9.73. The van der Waals surface area contributed by atoms with Crippen LogP contribution in [0, 0.1) is 5.41 Å². The number of ketones is 1. The van der Waals surface area contributed by atoms with Gasteiger partial charge in [-0.1, -0.05) is 67.5 Å². The van der Waals surface area contributed by atoms with Gasteiger partial charge in [0.05, 0.1) is 0 Å². The minimum atomic E-state index is -0.414. The lowest BCUT2D eigenvalue weighted by molar-refractivity contribution is -0.133. The lowest BCUT2D eigenvalue weighted by Gasteiger charge is -2.38. The van der Waals surface area contributed by atoms with Crippen molar-refractivity contribution >= 4 is 41.0 Å². The fourth-order valence-corrected chi connectivity index (χ4v) is 6.39. The van der Waals surface area contributed by atoms with Crippen molar-refractivity contribution in [2.75, 3.05) is 25.0 Å². The predicted molar refractivity (Wildman–Crippen MR) is 158 cm³/mol. The second kappa shape index (κ2) is 11.7. The zero-order valence-electron chi connectivity index (χ0n) is 23.2. The summed E-state index contributed by atoms with van der Waals surface area (Å²) in [6.45, 7) is 9.40. The summed E-state index contributed by atoms with van der Waals surface area (Å²) in [5.41, 5.74) is 3.39. The number of anilines is 1. The number of hydrogen-bond acceptors (Lipinski definition) is 7. The van der Waals surface area contributed by atoms with E-state index in [4.69, 9.17) is 26.4 Å². The Morgan fingerprint density at radius 2 is 1.88 bits per heavy atom. The van der Waals surface area contributed by atoms with Crippen LogP contribution in [0.4, 0.5) is 5.95 Å². The monoisotopic (exact) mass is 579 g/mol. The van der Waals surface area contributed by atoms with E-state index in [2.05, 4.69) is 19.2 Å². The Morgan fingerprint density at radius 1 is 1.15 bits per heavy atom. The molecule has 0 radical (unpaired) electrons. The van der Waals surface area contributed by atoms with Gasteiger partial charge in [0.1, 0.15) is 11.8 Å². The highest BCUT2D eigenvalue weighted by Gasteiger charge is 2.41. The minimum absolute atomic E-state index is 0.0174. The molecule has 1 aliphatic heterocycles. The van der Waals surface area contributed by atoms with Gasteiger partial charge in [0.15, 0.2) is 12.4 Å². The van der Waals surface area contributed by atoms with Gasteiger partial charge in [0.2, 0.25) is 11.1 Å². The maximum Gasteiger partial charge on any atom is 0.260 e. The number of hydrogen-bond donors (Lipinski definition) is 1. The summed E-state index contributed by atoms with van der Waals surface area (Å²) in [7, 11) is 0. The Morgan fingerprint density at radius 3 is 2.58 bits per heavy atom. The number of Topliss-reactive ketones (excluding diaryl/α,β-unsaturated/α-hetero) is 1. The first-order chi connectivity index (χ1) is 19.2. The molecule has 1 N–H and O–H groups in total. The summed E-state index contributed by atoms with van der Waals surface area (Å²) in [5.74, 6) is 1.90. The first kappa shape index (κ1) is 28.2. The molecular formula is C30H34ClN5O3S. The van der Waals surface area contributed by atoms with E-state index in [0.717, 1.165) is 28.8 Å². The molecule has 0 saturated carbocycles. The molecule has 2 heterocycles. The molecule has 40 heavy (non-hydrogen) atoms. The average Bonchev–Trinajstić information content (AvgIpc) is 3.33. The van der Waals surface area contributed by atoms with Crippen LogP contribution in [0.5, 0.6) is 5.75 Å². The fraction of sp³-hybridized carbons (Fsp3) is 0.400. The summed E-state index contributed by atoms with van der Waals surface area (Å²) in [5, 5.41) is 9.57. The van der Waals surface area contributed by atoms with Crippen LogP contribution in [0.15, 0.2) is 65.0 Å². The van der Waals surface area contributed by atoms with E-state index in [1.807, 2.05) is 67.1 Å². The largest absolute Gasteiger partial charge is 0.484 e. The normalized spacial score (nSPS) is 17.6. The maximum atomic E-state index is 13.5. The van der Waals surface area contributed by atoms with Crippen molar-refractivity contribution in [1.82, 2.24) is 19.7 Å². The molecule has 0 spiro atoms. The number of nitrogens with zero attached hydrogens (tertiary/aromatic N) is 4. The van der Waals surface area contributed by atoms with Crippen LogP contribution in [0.3, 0.4) is 0 Å². The van der Waals surface area contributed by atoms with Gasteiger partial charge in [0, 0.05) is 41.6 Å². The lowest BCUT2D eigenvalue weighted by Crippen LogP contribution is -2.36. The minimum Gasteiger partial charge on any atom is -0.484 e. The number of aromatic nitrogens is 3. The maximum absolute atomic E-state index is 13.5. The third kappa shape index (κ3) is 5.90. The van der Waals surface area contributed by atoms with Gasteiger partial charge in [-0.25, -0.2) is 4.68 Å². The van der Waals surface area contributed by atoms with Crippen molar-refractivity contribution in [1.29, 1.82) is 0 Å². The highest BCUT2D eigenvalue weighted by Crippen LogP contribution is 2.46. The highest BCUT2D eigenvalue weighted by atomic mass is 35.5. The van der Waals surface area contributed by atoms with E-state index in [9.17, 15) is 9.59 Å². The summed E-state index contributed by atoms with van der Waals surface area (Å²) in [6, 6.07) is 14.9. The second-order valence-corrected chi connectivity index (χ2v) is 12.2. The standard InChI is InChI=1S/C30H34ClN5O3S/c1-5-35(6-2)25(38)17-39-21-13-11-19(12-14-21)27-26-23(15-30(3,4)16-24(26)37)32-28-33-29(34-36(27)28)40-18-20-9-7-8-10-22(20)31/h7-14,27H,5-6,15-18H2,1-4H3,(H,32,33,34). The fourth-order valence-electron chi connectivity index (χ4n) is 5.28. The van der Waals surface area contributed by atoms with Crippen LogP contribution >= 0.6 is 23.4 Å². The van der Waals surface area contributed by atoms with Crippen LogP contribution in [-0.2, 0) is 15.3 Å². The van der Waals surface area contributed by atoms with E-state index >= 15 is 0 Å². The van der Waals surface area contributed by atoms with Crippen molar-refractivity contribution in [2.24, 2.45) is 5.41 Å². The van der Waals surface area contributed by atoms with Crippen LogP contribution < -0.4 is 10.1 Å².